The van der Waals surface area contributed by atoms with E-state index in [0.29, 0.717) is 12.1 Å². The Labute approximate surface area is 102 Å². The van der Waals surface area contributed by atoms with E-state index in [1.165, 1.54) is 29.1 Å². The van der Waals surface area contributed by atoms with Gasteiger partial charge >= 0.3 is 5.69 Å². The topological polar surface area (TPSA) is 56.9 Å². The van der Waals surface area contributed by atoms with Gasteiger partial charge in [0.25, 0.3) is 5.56 Å². The van der Waals surface area contributed by atoms with Crippen LogP contribution in [-0.4, -0.2) is 14.1 Å². The van der Waals surface area contributed by atoms with E-state index in [-0.39, 0.29) is 6.54 Å². The van der Waals surface area contributed by atoms with Gasteiger partial charge in [-0.2, -0.15) is 0 Å². The molecule has 2 heterocycles. The van der Waals surface area contributed by atoms with Gasteiger partial charge in [-0.25, -0.2) is 9.18 Å². The second kappa shape index (κ2) is 4.95. The lowest BCUT2D eigenvalue weighted by atomic mass is 10.3. The zero-order chi connectivity index (χ0) is 13.1. The lowest BCUT2D eigenvalue weighted by Gasteiger charge is -2.07. The Bertz CT molecular complexity index is 676. The second-order valence-corrected chi connectivity index (χ2v) is 3.82. The largest absolute Gasteiger partial charge is 0.331 e. The molecule has 0 N–H and O–H groups in total. The molecule has 2 aromatic rings. The summed E-state index contributed by atoms with van der Waals surface area (Å²) in [6.45, 7) is 2.30. The summed E-state index contributed by atoms with van der Waals surface area (Å²) in [6.07, 6.45) is 3.95. The molecule has 0 aliphatic rings. The zero-order valence-corrected chi connectivity index (χ0v) is 9.84. The molecule has 0 aliphatic carbocycles. The molecule has 2 aromatic heterocycles. The van der Waals surface area contributed by atoms with Gasteiger partial charge in [0.2, 0.25) is 0 Å². The summed E-state index contributed by atoms with van der Waals surface area (Å²) < 4.78 is 15.4. The first-order valence-corrected chi connectivity index (χ1v) is 5.51. The van der Waals surface area contributed by atoms with Gasteiger partial charge in [0.15, 0.2) is 0 Å². The predicted octanol–water partition coefficient (Wildman–Crippen LogP) is 0.612. The average molecular weight is 249 g/mol. The van der Waals surface area contributed by atoms with Crippen LogP contribution >= 0.6 is 0 Å². The standard InChI is InChI=1S/C12H12FN3O2/c1-2-15-4-3-11(17)16(12(15)18)8-9-5-10(13)7-14-6-9/h3-7H,2,8H2,1H3. The summed E-state index contributed by atoms with van der Waals surface area (Å²) in [4.78, 5) is 27.2. The molecule has 2 rings (SSSR count). The molecular weight excluding hydrogens is 237 g/mol. The van der Waals surface area contributed by atoms with Gasteiger partial charge in [-0.15, -0.1) is 0 Å². The third-order valence-corrected chi connectivity index (χ3v) is 2.58. The Morgan fingerprint density at radius 2 is 2.11 bits per heavy atom. The van der Waals surface area contributed by atoms with E-state index >= 15 is 0 Å². The quantitative estimate of drug-likeness (QED) is 0.801. The zero-order valence-electron chi connectivity index (χ0n) is 9.84. The van der Waals surface area contributed by atoms with Crippen LogP contribution in [-0.2, 0) is 13.1 Å². The van der Waals surface area contributed by atoms with Crippen LogP contribution in [0.25, 0.3) is 0 Å². The second-order valence-electron chi connectivity index (χ2n) is 3.82. The smallest absolute Gasteiger partial charge is 0.301 e. The van der Waals surface area contributed by atoms with E-state index in [1.807, 2.05) is 0 Å². The minimum absolute atomic E-state index is 0.0171. The average Bonchev–Trinajstić information content (AvgIpc) is 2.35. The molecule has 0 atom stereocenters. The molecule has 0 aliphatic heterocycles. The van der Waals surface area contributed by atoms with Gasteiger partial charge in [-0.05, 0) is 18.6 Å². The van der Waals surface area contributed by atoms with Crippen molar-refractivity contribution >= 4 is 0 Å². The number of aryl methyl sites for hydroxylation is 1. The molecule has 0 unspecified atom stereocenters. The molecule has 18 heavy (non-hydrogen) atoms. The van der Waals surface area contributed by atoms with Crippen LogP contribution in [0, 0.1) is 5.82 Å². The van der Waals surface area contributed by atoms with E-state index < -0.39 is 17.1 Å². The SMILES string of the molecule is CCn1ccc(=O)n(Cc2cncc(F)c2)c1=O. The van der Waals surface area contributed by atoms with E-state index in [9.17, 15) is 14.0 Å². The summed E-state index contributed by atoms with van der Waals surface area (Å²) in [5.74, 6) is -0.493. The fourth-order valence-electron chi connectivity index (χ4n) is 1.67. The molecule has 0 amide bonds. The maximum Gasteiger partial charge on any atom is 0.331 e. The highest BCUT2D eigenvalue weighted by Gasteiger charge is 2.05. The van der Waals surface area contributed by atoms with E-state index in [2.05, 4.69) is 4.98 Å². The maximum atomic E-state index is 13.0. The number of nitrogens with zero attached hydrogens (tertiary/aromatic N) is 3. The highest BCUT2D eigenvalue weighted by Crippen LogP contribution is 2.01. The van der Waals surface area contributed by atoms with Gasteiger partial charge in [-0.1, -0.05) is 0 Å². The number of rotatable bonds is 3. The van der Waals surface area contributed by atoms with E-state index in [4.69, 9.17) is 0 Å². The van der Waals surface area contributed by atoms with Gasteiger partial charge in [0.05, 0.1) is 12.7 Å². The minimum atomic E-state index is -0.493. The molecule has 0 fully saturated rings. The van der Waals surface area contributed by atoms with Crippen LogP contribution in [0.3, 0.4) is 0 Å². The Morgan fingerprint density at radius 3 is 2.78 bits per heavy atom. The molecular formula is C12H12FN3O2. The highest BCUT2D eigenvalue weighted by atomic mass is 19.1. The van der Waals surface area contributed by atoms with Crippen LogP contribution in [0.5, 0.6) is 0 Å². The lowest BCUT2D eigenvalue weighted by Crippen LogP contribution is -2.39. The molecule has 0 aromatic carbocycles. The fourth-order valence-corrected chi connectivity index (χ4v) is 1.67. The minimum Gasteiger partial charge on any atom is -0.301 e. The number of hydrogen-bond donors (Lipinski definition) is 0. The first kappa shape index (κ1) is 12.2. The van der Waals surface area contributed by atoms with Crippen LogP contribution < -0.4 is 11.2 Å². The molecule has 94 valence electrons. The summed E-state index contributed by atoms with van der Waals surface area (Å²) >= 11 is 0. The van der Waals surface area contributed by atoms with Gasteiger partial charge in [0.1, 0.15) is 5.82 Å². The number of hydrogen-bond acceptors (Lipinski definition) is 3. The number of pyridine rings is 1. The fraction of sp³-hybridized carbons (Fsp3) is 0.250. The Kier molecular flexibility index (Phi) is 3.36. The summed E-state index contributed by atoms with van der Waals surface area (Å²) in [5.41, 5.74) is -0.341. The van der Waals surface area contributed by atoms with Crippen molar-refractivity contribution in [3.05, 3.63) is 62.9 Å². The van der Waals surface area contributed by atoms with Crippen molar-refractivity contribution in [2.75, 3.05) is 0 Å². The van der Waals surface area contributed by atoms with Crippen LogP contribution in [0.15, 0.2) is 40.3 Å². The predicted molar refractivity (Wildman–Crippen MR) is 63.9 cm³/mol. The molecule has 6 heteroatoms. The van der Waals surface area contributed by atoms with Crippen molar-refractivity contribution in [1.29, 1.82) is 0 Å². The lowest BCUT2D eigenvalue weighted by molar-refractivity contribution is 0.589. The highest BCUT2D eigenvalue weighted by molar-refractivity contribution is 5.10. The van der Waals surface area contributed by atoms with Crippen LogP contribution in [0.1, 0.15) is 12.5 Å². The summed E-state index contributed by atoms with van der Waals surface area (Å²) in [7, 11) is 0. The van der Waals surface area contributed by atoms with Gasteiger partial charge < -0.3 is 4.57 Å². The molecule has 0 saturated heterocycles. The maximum absolute atomic E-state index is 13.0. The first-order valence-electron chi connectivity index (χ1n) is 5.51. The third-order valence-electron chi connectivity index (χ3n) is 2.58. The van der Waals surface area contributed by atoms with Crippen molar-refractivity contribution in [1.82, 2.24) is 14.1 Å². The van der Waals surface area contributed by atoms with Crippen LogP contribution in [0.4, 0.5) is 4.39 Å². The molecule has 0 bridgehead atoms. The molecule has 0 spiro atoms. The van der Waals surface area contributed by atoms with Gasteiger partial charge in [-0.3, -0.25) is 14.3 Å². The Hall–Kier alpha value is -2.24. The molecule has 5 nitrogen and oxygen atoms in total. The normalized spacial score (nSPS) is 10.6. The monoisotopic (exact) mass is 249 g/mol. The number of aromatic nitrogens is 3. The molecule has 0 radical (unpaired) electrons. The van der Waals surface area contributed by atoms with Crippen molar-refractivity contribution in [2.45, 2.75) is 20.0 Å². The van der Waals surface area contributed by atoms with Crippen molar-refractivity contribution < 1.29 is 4.39 Å². The van der Waals surface area contributed by atoms with Gasteiger partial charge in [0, 0.05) is 25.0 Å². The van der Waals surface area contributed by atoms with E-state index in [0.717, 1.165) is 10.8 Å². The summed E-state index contributed by atoms with van der Waals surface area (Å²) in [5, 5.41) is 0. The van der Waals surface area contributed by atoms with Crippen molar-refractivity contribution in [2.24, 2.45) is 0 Å². The van der Waals surface area contributed by atoms with Crippen molar-refractivity contribution in [3.63, 3.8) is 0 Å². The Morgan fingerprint density at radius 1 is 1.33 bits per heavy atom. The van der Waals surface area contributed by atoms with Crippen LogP contribution in [0.2, 0.25) is 0 Å². The summed E-state index contributed by atoms with van der Waals surface area (Å²) in [6, 6.07) is 2.57. The third kappa shape index (κ3) is 2.37. The first-order chi connectivity index (χ1) is 8.61. The van der Waals surface area contributed by atoms with E-state index in [1.54, 1.807) is 6.92 Å². The number of halogens is 1. The van der Waals surface area contributed by atoms with Crippen molar-refractivity contribution in [3.8, 4) is 0 Å². The Balaban J connectivity index is 2.46. The molecule has 0 saturated carbocycles.